The predicted octanol–water partition coefficient (Wildman–Crippen LogP) is 1.93. The van der Waals surface area contributed by atoms with Crippen molar-refractivity contribution in [2.75, 3.05) is 19.6 Å². The zero-order valence-electron chi connectivity index (χ0n) is 12.3. The number of aromatic nitrogens is 1. The Bertz CT molecular complexity index is 415. The lowest BCUT2D eigenvalue weighted by Gasteiger charge is -2.31. The van der Waals surface area contributed by atoms with E-state index < -0.39 is 0 Å². The van der Waals surface area contributed by atoms with Gasteiger partial charge in [0.2, 0.25) is 0 Å². The molecule has 0 bridgehead atoms. The van der Waals surface area contributed by atoms with E-state index in [1.807, 2.05) is 25.1 Å². The molecule has 0 aromatic carbocycles. The van der Waals surface area contributed by atoms with E-state index in [1.54, 1.807) is 6.20 Å². The number of urea groups is 1. The van der Waals surface area contributed by atoms with Gasteiger partial charge in [0.1, 0.15) is 0 Å². The van der Waals surface area contributed by atoms with Crippen LogP contribution in [0, 0.1) is 0 Å². The largest absolute Gasteiger partial charge is 0.335 e. The molecule has 1 aromatic rings. The first-order chi connectivity index (χ1) is 9.69. The molecule has 1 aliphatic rings. The third-order valence-electron chi connectivity index (χ3n) is 3.85. The van der Waals surface area contributed by atoms with Crippen LogP contribution in [0.5, 0.6) is 0 Å². The van der Waals surface area contributed by atoms with Gasteiger partial charge in [-0.3, -0.25) is 4.98 Å². The summed E-state index contributed by atoms with van der Waals surface area (Å²) in [4.78, 5) is 18.6. The molecule has 1 saturated heterocycles. The highest BCUT2D eigenvalue weighted by Crippen LogP contribution is 2.11. The number of likely N-dealkylation sites (tertiary alicyclic amines) is 1. The van der Waals surface area contributed by atoms with Crippen LogP contribution in [0.15, 0.2) is 24.4 Å². The Morgan fingerprint density at radius 3 is 2.80 bits per heavy atom. The van der Waals surface area contributed by atoms with Gasteiger partial charge in [0, 0.05) is 25.3 Å². The van der Waals surface area contributed by atoms with Crippen LogP contribution >= 0.6 is 0 Å². The fourth-order valence-electron chi connectivity index (χ4n) is 2.52. The molecule has 5 nitrogen and oxygen atoms in total. The molecule has 1 aromatic heterocycles. The number of hydrogen-bond acceptors (Lipinski definition) is 3. The lowest BCUT2D eigenvalue weighted by Crippen LogP contribution is -2.48. The van der Waals surface area contributed by atoms with Gasteiger partial charge in [0.15, 0.2) is 0 Å². The van der Waals surface area contributed by atoms with Gasteiger partial charge < -0.3 is 15.5 Å². The van der Waals surface area contributed by atoms with Crippen LogP contribution in [0.2, 0.25) is 0 Å². The van der Waals surface area contributed by atoms with Crippen LogP contribution in [-0.2, 0) is 0 Å². The maximum atomic E-state index is 12.0. The summed E-state index contributed by atoms with van der Waals surface area (Å²) >= 11 is 0. The second kappa shape index (κ2) is 7.24. The van der Waals surface area contributed by atoms with Gasteiger partial charge in [0.05, 0.1) is 11.7 Å². The molecule has 2 amide bonds. The molecule has 1 aliphatic heterocycles. The van der Waals surface area contributed by atoms with Crippen molar-refractivity contribution in [2.24, 2.45) is 0 Å². The van der Waals surface area contributed by atoms with E-state index in [0.717, 1.165) is 38.2 Å². The minimum atomic E-state index is -0.0990. The number of hydrogen-bond donors (Lipinski definition) is 2. The lowest BCUT2D eigenvalue weighted by molar-refractivity contribution is 0.197. The summed E-state index contributed by atoms with van der Waals surface area (Å²) in [6.07, 6.45) is 3.80. The monoisotopic (exact) mass is 276 g/mol. The van der Waals surface area contributed by atoms with Crippen LogP contribution < -0.4 is 10.6 Å². The number of carbonyl (C=O) groups excluding carboxylic acids is 1. The topological polar surface area (TPSA) is 57.3 Å². The molecule has 0 spiro atoms. The first kappa shape index (κ1) is 14.8. The minimum Gasteiger partial charge on any atom is -0.335 e. The number of amides is 2. The Labute approximate surface area is 120 Å². The highest BCUT2D eigenvalue weighted by Gasteiger charge is 2.20. The summed E-state index contributed by atoms with van der Waals surface area (Å²) in [6.45, 7) is 7.35. The van der Waals surface area contributed by atoms with Crippen molar-refractivity contribution < 1.29 is 4.79 Å². The van der Waals surface area contributed by atoms with Crippen molar-refractivity contribution >= 4 is 6.03 Å². The van der Waals surface area contributed by atoms with Gasteiger partial charge in [-0.25, -0.2) is 4.79 Å². The summed E-state index contributed by atoms with van der Waals surface area (Å²) in [7, 11) is 0. The Hall–Kier alpha value is -1.62. The molecular weight excluding hydrogens is 252 g/mol. The molecule has 0 radical (unpaired) electrons. The smallest absolute Gasteiger partial charge is 0.315 e. The van der Waals surface area contributed by atoms with Gasteiger partial charge in [-0.1, -0.05) is 13.0 Å². The minimum absolute atomic E-state index is 0.0769. The first-order valence-electron chi connectivity index (χ1n) is 7.39. The third kappa shape index (κ3) is 4.20. The van der Waals surface area contributed by atoms with Gasteiger partial charge in [-0.15, -0.1) is 0 Å². The summed E-state index contributed by atoms with van der Waals surface area (Å²) in [5.74, 6) is 0. The van der Waals surface area contributed by atoms with Crippen LogP contribution in [0.4, 0.5) is 4.79 Å². The van der Waals surface area contributed by atoms with E-state index in [0.29, 0.717) is 0 Å². The molecule has 1 unspecified atom stereocenters. The quantitative estimate of drug-likeness (QED) is 0.883. The molecule has 5 heteroatoms. The van der Waals surface area contributed by atoms with E-state index >= 15 is 0 Å². The Balaban J connectivity index is 1.76. The number of piperidine rings is 1. The van der Waals surface area contributed by atoms with Crippen molar-refractivity contribution in [2.45, 2.75) is 38.8 Å². The van der Waals surface area contributed by atoms with E-state index in [4.69, 9.17) is 0 Å². The number of carbonyl (C=O) groups is 1. The van der Waals surface area contributed by atoms with Crippen LogP contribution in [0.1, 0.15) is 38.4 Å². The fourth-order valence-corrected chi connectivity index (χ4v) is 2.52. The average Bonchev–Trinajstić information content (AvgIpc) is 2.49. The van der Waals surface area contributed by atoms with Crippen molar-refractivity contribution in [1.29, 1.82) is 0 Å². The van der Waals surface area contributed by atoms with Crippen LogP contribution in [0.25, 0.3) is 0 Å². The SMILES string of the molecule is CCN1CCC(NC(=O)NC(C)c2ccccn2)CC1. The number of nitrogens with one attached hydrogen (secondary N) is 2. The van der Waals surface area contributed by atoms with E-state index in [-0.39, 0.29) is 18.1 Å². The maximum absolute atomic E-state index is 12.0. The standard InChI is InChI=1S/C15H24N4O/c1-3-19-10-7-13(8-11-19)18-15(20)17-12(2)14-6-4-5-9-16-14/h4-6,9,12-13H,3,7-8,10-11H2,1-2H3,(H2,17,18,20). The van der Waals surface area contributed by atoms with E-state index in [9.17, 15) is 4.79 Å². The fraction of sp³-hybridized carbons (Fsp3) is 0.600. The summed E-state index contributed by atoms with van der Waals surface area (Å²) in [5, 5.41) is 6.00. The normalized spacial score (nSPS) is 18.5. The molecule has 110 valence electrons. The first-order valence-corrected chi connectivity index (χ1v) is 7.39. The number of nitrogens with zero attached hydrogens (tertiary/aromatic N) is 2. The van der Waals surface area contributed by atoms with Gasteiger partial charge in [-0.05, 0) is 38.4 Å². The van der Waals surface area contributed by atoms with Crippen LogP contribution in [0.3, 0.4) is 0 Å². The summed E-state index contributed by atoms with van der Waals surface area (Å²) in [6, 6.07) is 5.83. The zero-order valence-corrected chi connectivity index (χ0v) is 12.3. The van der Waals surface area contributed by atoms with E-state index in [1.165, 1.54) is 0 Å². The molecule has 0 aliphatic carbocycles. The molecule has 0 saturated carbocycles. The highest BCUT2D eigenvalue weighted by atomic mass is 16.2. The van der Waals surface area contributed by atoms with Gasteiger partial charge in [-0.2, -0.15) is 0 Å². The molecule has 2 N–H and O–H groups in total. The second-order valence-corrected chi connectivity index (χ2v) is 5.30. The molecule has 20 heavy (non-hydrogen) atoms. The second-order valence-electron chi connectivity index (χ2n) is 5.30. The molecule has 2 rings (SSSR count). The third-order valence-corrected chi connectivity index (χ3v) is 3.85. The van der Waals surface area contributed by atoms with Crippen molar-refractivity contribution in [3.8, 4) is 0 Å². The number of pyridine rings is 1. The van der Waals surface area contributed by atoms with Crippen molar-refractivity contribution in [1.82, 2.24) is 20.5 Å². The zero-order chi connectivity index (χ0) is 14.4. The highest BCUT2D eigenvalue weighted by molar-refractivity contribution is 5.74. The lowest BCUT2D eigenvalue weighted by atomic mass is 10.1. The number of rotatable bonds is 4. The van der Waals surface area contributed by atoms with Gasteiger partial charge in [0.25, 0.3) is 0 Å². The predicted molar refractivity (Wildman–Crippen MR) is 79.5 cm³/mol. The summed E-state index contributed by atoms with van der Waals surface area (Å²) < 4.78 is 0. The molecular formula is C15H24N4O. The Kier molecular flexibility index (Phi) is 5.35. The average molecular weight is 276 g/mol. The Morgan fingerprint density at radius 1 is 1.45 bits per heavy atom. The van der Waals surface area contributed by atoms with Gasteiger partial charge >= 0.3 is 6.03 Å². The Morgan fingerprint density at radius 2 is 2.20 bits per heavy atom. The van der Waals surface area contributed by atoms with Crippen molar-refractivity contribution in [3.05, 3.63) is 30.1 Å². The maximum Gasteiger partial charge on any atom is 0.315 e. The van der Waals surface area contributed by atoms with E-state index in [2.05, 4.69) is 27.4 Å². The van der Waals surface area contributed by atoms with Crippen LogP contribution in [-0.4, -0.2) is 41.6 Å². The molecule has 2 heterocycles. The molecule has 1 atom stereocenters. The summed E-state index contributed by atoms with van der Waals surface area (Å²) in [5.41, 5.74) is 0.878. The van der Waals surface area contributed by atoms with Crippen molar-refractivity contribution in [3.63, 3.8) is 0 Å². The molecule has 1 fully saturated rings.